The molecule has 1 aromatic carbocycles. The maximum Gasteiger partial charge on any atom is 0.192 e. The normalized spacial score (nSPS) is 15.4. The second-order valence-corrected chi connectivity index (χ2v) is 7.77. The Hall–Kier alpha value is -2.14. The number of aromatic nitrogens is 4. The monoisotopic (exact) mass is 350 g/mol. The Morgan fingerprint density at radius 1 is 0.960 bits per heavy atom. The third-order valence-corrected chi connectivity index (χ3v) is 5.96. The van der Waals surface area contributed by atoms with Crippen LogP contribution in [0, 0.1) is 0 Å². The van der Waals surface area contributed by atoms with E-state index in [9.17, 15) is 0 Å². The van der Waals surface area contributed by atoms with E-state index in [4.69, 9.17) is 0 Å². The fraction of sp³-hybridized carbons (Fsp3) is 0.350. The smallest absolute Gasteiger partial charge is 0.192 e. The van der Waals surface area contributed by atoms with Gasteiger partial charge in [-0.25, -0.2) is 0 Å². The minimum atomic E-state index is 0.661. The van der Waals surface area contributed by atoms with Crippen molar-refractivity contribution in [1.29, 1.82) is 0 Å². The zero-order chi connectivity index (χ0) is 16.9. The predicted octanol–water partition coefficient (Wildman–Crippen LogP) is 4.81. The molecule has 4 nitrogen and oxygen atoms in total. The maximum absolute atomic E-state index is 4.53. The summed E-state index contributed by atoms with van der Waals surface area (Å²) in [6.45, 7) is 0.785. The second kappa shape index (κ2) is 7.83. The molecule has 1 saturated carbocycles. The van der Waals surface area contributed by atoms with E-state index in [1.807, 2.05) is 30.1 Å². The van der Waals surface area contributed by atoms with Gasteiger partial charge in [0, 0.05) is 23.2 Å². The molecule has 0 atom stereocenters. The van der Waals surface area contributed by atoms with Gasteiger partial charge in [0.2, 0.25) is 0 Å². The molecule has 4 rings (SSSR count). The quantitative estimate of drug-likeness (QED) is 0.662. The zero-order valence-electron chi connectivity index (χ0n) is 14.2. The molecule has 0 saturated heterocycles. The van der Waals surface area contributed by atoms with Crippen LogP contribution in [-0.2, 0) is 6.54 Å². The molecule has 0 radical (unpaired) electrons. The molecular formula is C20H22N4S. The molecule has 5 heteroatoms. The van der Waals surface area contributed by atoms with Gasteiger partial charge in [0.1, 0.15) is 0 Å². The summed E-state index contributed by atoms with van der Waals surface area (Å²) < 4.78 is 2.24. The van der Waals surface area contributed by atoms with E-state index in [0.717, 1.165) is 23.1 Å². The molecule has 25 heavy (non-hydrogen) atoms. The Bertz CT molecular complexity index is 795. The minimum Gasteiger partial charge on any atom is -0.297 e. The van der Waals surface area contributed by atoms with Crippen LogP contribution in [0.15, 0.2) is 60.0 Å². The van der Waals surface area contributed by atoms with E-state index in [1.165, 1.54) is 37.7 Å². The van der Waals surface area contributed by atoms with Crippen molar-refractivity contribution in [1.82, 2.24) is 19.7 Å². The third kappa shape index (κ3) is 3.93. The highest BCUT2D eigenvalue weighted by atomic mass is 32.2. The van der Waals surface area contributed by atoms with Gasteiger partial charge in [-0.3, -0.25) is 9.55 Å². The summed E-state index contributed by atoms with van der Waals surface area (Å²) >= 11 is 1.89. The van der Waals surface area contributed by atoms with Crippen LogP contribution in [-0.4, -0.2) is 25.0 Å². The van der Waals surface area contributed by atoms with Crippen molar-refractivity contribution in [3.63, 3.8) is 0 Å². The maximum atomic E-state index is 4.53. The van der Waals surface area contributed by atoms with E-state index >= 15 is 0 Å². The van der Waals surface area contributed by atoms with Gasteiger partial charge in [0.15, 0.2) is 11.0 Å². The summed E-state index contributed by atoms with van der Waals surface area (Å²) in [5.41, 5.74) is 2.28. The molecule has 0 unspecified atom stereocenters. The van der Waals surface area contributed by atoms with E-state index in [-0.39, 0.29) is 0 Å². The number of pyridine rings is 1. The van der Waals surface area contributed by atoms with E-state index in [0.29, 0.717) is 5.25 Å². The number of hydrogen-bond donors (Lipinski definition) is 0. The Morgan fingerprint density at radius 3 is 2.56 bits per heavy atom. The average molecular weight is 350 g/mol. The molecule has 1 aliphatic carbocycles. The molecular weight excluding hydrogens is 328 g/mol. The summed E-state index contributed by atoms with van der Waals surface area (Å²) in [4.78, 5) is 4.25. The molecule has 3 aromatic rings. The van der Waals surface area contributed by atoms with Crippen LogP contribution >= 0.6 is 11.8 Å². The molecule has 2 aromatic heterocycles. The minimum absolute atomic E-state index is 0.661. The standard InChI is InChI=1S/C20H22N4S/c1-3-8-16(9-4-1)15-24-19(17-10-7-13-21-14-17)22-23-20(24)25-18-11-5-2-6-12-18/h1,3-4,7-10,13-14,18H,2,5-6,11-12,15H2. The number of benzene rings is 1. The van der Waals surface area contributed by atoms with Crippen molar-refractivity contribution in [3.8, 4) is 11.4 Å². The lowest BCUT2D eigenvalue weighted by molar-refractivity contribution is 0.514. The predicted molar refractivity (Wildman–Crippen MR) is 102 cm³/mol. The first kappa shape index (κ1) is 16.3. The fourth-order valence-corrected chi connectivity index (χ4v) is 4.56. The van der Waals surface area contributed by atoms with Gasteiger partial charge in [-0.2, -0.15) is 0 Å². The zero-order valence-corrected chi connectivity index (χ0v) is 15.0. The highest BCUT2D eigenvalue weighted by Gasteiger charge is 2.21. The van der Waals surface area contributed by atoms with E-state index < -0.39 is 0 Å². The van der Waals surface area contributed by atoms with Gasteiger partial charge >= 0.3 is 0 Å². The Labute approximate surface area is 152 Å². The third-order valence-electron chi connectivity index (χ3n) is 4.64. The number of thioether (sulfide) groups is 1. The first-order chi connectivity index (χ1) is 12.4. The molecule has 0 amide bonds. The van der Waals surface area contributed by atoms with E-state index in [2.05, 4.69) is 50.1 Å². The highest BCUT2D eigenvalue weighted by Crippen LogP contribution is 2.34. The number of hydrogen-bond acceptors (Lipinski definition) is 4. The molecule has 0 spiro atoms. The molecule has 1 fully saturated rings. The molecule has 1 aliphatic rings. The molecule has 128 valence electrons. The van der Waals surface area contributed by atoms with Gasteiger partial charge in [-0.1, -0.05) is 61.4 Å². The van der Waals surface area contributed by atoms with Crippen LogP contribution in [0.1, 0.15) is 37.7 Å². The number of nitrogens with zero attached hydrogens (tertiary/aromatic N) is 4. The summed E-state index contributed by atoms with van der Waals surface area (Å²) in [5, 5.41) is 10.7. The second-order valence-electron chi connectivity index (χ2n) is 6.50. The summed E-state index contributed by atoms with van der Waals surface area (Å²) in [6, 6.07) is 14.5. The largest absolute Gasteiger partial charge is 0.297 e. The van der Waals surface area contributed by atoms with Crippen molar-refractivity contribution in [3.05, 3.63) is 60.4 Å². The topological polar surface area (TPSA) is 43.6 Å². The van der Waals surface area contributed by atoms with E-state index in [1.54, 1.807) is 6.20 Å². The number of rotatable bonds is 5. The highest BCUT2D eigenvalue weighted by molar-refractivity contribution is 7.99. The van der Waals surface area contributed by atoms with Crippen LogP contribution in [0.4, 0.5) is 0 Å². The molecule has 2 heterocycles. The first-order valence-corrected chi connectivity index (χ1v) is 9.82. The van der Waals surface area contributed by atoms with Crippen molar-refractivity contribution in [2.45, 2.75) is 49.1 Å². The molecule has 0 bridgehead atoms. The first-order valence-electron chi connectivity index (χ1n) is 8.94. The molecule has 0 N–H and O–H groups in total. The van der Waals surface area contributed by atoms with Crippen molar-refractivity contribution in [2.24, 2.45) is 0 Å². The average Bonchev–Trinajstić information content (AvgIpc) is 3.06. The lowest BCUT2D eigenvalue weighted by Gasteiger charge is -2.20. The lowest BCUT2D eigenvalue weighted by atomic mass is 10.0. The van der Waals surface area contributed by atoms with Gasteiger partial charge in [-0.05, 0) is 30.5 Å². The summed E-state index contributed by atoms with van der Waals surface area (Å²) in [5.74, 6) is 0.898. The Balaban J connectivity index is 1.67. The van der Waals surface area contributed by atoms with Gasteiger partial charge < -0.3 is 0 Å². The van der Waals surface area contributed by atoms with Crippen LogP contribution in [0.2, 0.25) is 0 Å². The summed E-state index contributed by atoms with van der Waals surface area (Å²) in [7, 11) is 0. The van der Waals surface area contributed by atoms with Gasteiger partial charge in [0.25, 0.3) is 0 Å². The van der Waals surface area contributed by atoms with Crippen molar-refractivity contribution >= 4 is 11.8 Å². The Morgan fingerprint density at radius 2 is 1.80 bits per heavy atom. The fourth-order valence-electron chi connectivity index (χ4n) is 3.33. The SMILES string of the molecule is c1ccc(Cn2c(SC3CCCCC3)nnc2-c2cccnc2)cc1. The van der Waals surface area contributed by atoms with Crippen LogP contribution in [0.3, 0.4) is 0 Å². The van der Waals surface area contributed by atoms with Crippen LogP contribution < -0.4 is 0 Å². The van der Waals surface area contributed by atoms with Crippen LogP contribution in [0.5, 0.6) is 0 Å². The van der Waals surface area contributed by atoms with Gasteiger partial charge in [0.05, 0.1) is 6.54 Å². The van der Waals surface area contributed by atoms with Crippen molar-refractivity contribution < 1.29 is 0 Å². The lowest BCUT2D eigenvalue weighted by Crippen LogP contribution is -2.11. The van der Waals surface area contributed by atoms with Crippen LogP contribution in [0.25, 0.3) is 11.4 Å². The molecule has 0 aliphatic heterocycles. The van der Waals surface area contributed by atoms with Crippen molar-refractivity contribution in [2.75, 3.05) is 0 Å². The summed E-state index contributed by atoms with van der Waals surface area (Å²) in [6.07, 6.45) is 10.3. The van der Waals surface area contributed by atoms with Gasteiger partial charge in [-0.15, -0.1) is 10.2 Å². The Kier molecular flexibility index (Phi) is 5.11.